The van der Waals surface area contributed by atoms with Crippen LogP contribution in [0.15, 0.2) is 34.7 Å². The minimum atomic E-state index is -1.05. The Hall–Kier alpha value is -1.78. The van der Waals surface area contributed by atoms with E-state index in [1.165, 1.54) is 0 Å². The first kappa shape index (κ1) is 14.6. The standard InChI is InChI=1S/C15H16ClNO3/c1-9(11-3-5-13(16)6-4-11)17-8-12-7-14(15(18)19)20-10(12)2/h3-7,9,17H,8H2,1-2H3,(H,18,19)/t9-/m1/s1. The maximum absolute atomic E-state index is 10.8. The summed E-state index contributed by atoms with van der Waals surface area (Å²) in [4.78, 5) is 10.8. The number of halogens is 1. The quantitative estimate of drug-likeness (QED) is 0.880. The molecule has 0 amide bonds. The Morgan fingerprint density at radius 2 is 2.05 bits per heavy atom. The highest BCUT2D eigenvalue weighted by atomic mass is 35.5. The minimum Gasteiger partial charge on any atom is -0.475 e. The fourth-order valence-corrected chi connectivity index (χ4v) is 2.06. The van der Waals surface area contributed by atoms with Crippen molar-refractivity contribution in [3.05, 3.63) is 58.0 Å². The summed E-state index contributed by atoms with van der Waals surface area (Å²) in [7, 11) is 0. The van der Waals surface area contributed by atoms with Gasteiger partial charge in [-0.1, -0.05) is 23.7 Å². The van der Waals surface area contributed by atoms with Gasteiger partial charge in [0.05, 0.1) is 0 Å². The Balaban J connectivity index is 2.01. The summed E-state index contributed by atoms with van der Waals surface area (Å²) in [6.45, 7) is 4.35. The second-order valence-corrected chi connectivity index (χ2v) is 5.09. The zero-order chi connectivity index (χ0) is 14.7. The van der Waals surface area contributed by atoms with Crippen molar-refractivity contribution in [2.24, 2.45) is 0 Å². The Labute approximate surface area is 122 Å². The highest BCUT2D eigenvalue weighted by Crippen LogP contribution is 2.19. The summed E-state index contributed by atoms with van der Waals surface area (Å²) in [6, 6.07) is 9.31. The molecule has 106 valence electrons. The molecule has 1 atom stereocenters. The molecule has 0 radical (unpaired) electrons. The highest BCUT2D eigenvalue weighted by molar-refractivity contribution is 6.30. The van der Waals surface area contributed by atoms with Gasteiger partial charge in [-0.2, -0.15) is 0 Å². The molecule has 1 aromatic carbocycles. The molecule has 0 unspecified atom stereocenters. The van der Waals surface area contributed by atoms with Crippen molar-refractivity contribution in [1.29, 1.82) is 0 Å². The monoisotopic (exact) mass is 293 g/mol. The largest absolute Gasteiger partial charge is 0.475 e. The number of carbonyl (C=O) groups is 1. The van der Waals surface area contributed by atoms with E-state index in [1.807, 2.05) is 31.2 Å². The summed E-state index contributed by atoms with van der Waals surface area (Å²) >= 11 is 5.85. The summed E-state index contributed by atoms with van der Waals surface area (Å²) < 4.78 is 5.17. The van der Waals surface area contributed by atoms with Crippen molar-refractivity contribution in [2.75, 3.05) is 0 Å². The normalized spacial score (nSPS) is 12.3. The van der Waals surface area contributed by atoms with Gasteiger partial charge < -0.3 is 14.8 Å². The molecule has 0 saturated carbocycles. The van der Waals surface area contributed by atoms with Crippen molar-refractivity contribution in [3.8, 4) is 0 Å². The zero-order valence-electron chi connectivity index (χ0n) is 11.3. The number of hydrogen-bond donors (Lipinski definition) is 2. The molecule has 0 saturated heterocycles. The van der Waals surface area contributed by atoms with Gasteiger partial charge in [0, 0.05) is 23.2 Å². The Kier molecular flexibility index (Phi) is 4.47. The molecule has 0 aliphatic rings. The fraction of sp³-hybridized carbons (Fsp3) is 0.267. The topological polar surface area (TPSA) is 62.5 Å². The van der Waals surface area contributed by atoms with Crippen LogP contribution < -0.4 is 5.32 Å². The first-order chi connectivity index (χ1) is 9.47. The van der Waals surface area contributed by atoms with Crippen LogP contribution in [-0.2, 0) is 6.54 Å². The van der Waals surface area contributed by atoms with Gasteiger partial charge >= 0.3 is 5.97 Å². The third kappa shape index (κ3) is 3.40. The van der Waals surface area contributed by atoms with Crippen LogP contribution in [0.3, 0.4) is 0 Å². The number of carboxylic acids is 1. The first-order valence-corrected chi connectivity index (χ1v) is 6.66. The Morgan fingerprint density at radius 3 is 2.60 bits per heavy atom. The fourth-order valence-electron chi connectivity index (χ4n) is 1.93. The molecule has 0 spiro atoms. The van der Waals surface area contributed by atoms with Crippen LogP contribution in [0.5, 0.6) is 0 Å². The molecule has 2 N–H and O–H groups in total. The first-order valence-electron chi connectivity index (χ1n) is 6.29. The number of carboxylic acid groups (broad SMARTS) is 1. The molecule has 0 aliphatic heterocycles. The molecule has 0 bridgehead atoms. The summed E-state index contributed by atoms with van der Waals surface area (Å²) in [5.41, 5.74) is 1.97. The second-order valence-electron chi connectivity index (χ2n) is 4.65. The molecule has 0 aliphatic carbocycles. The van der Waals surface area contributed by atoms with Crippen LogP contribution in [-0.4, -0.2) is 11.1 Å². The van der Waals surface area contributed by atoms with Crippen molar-refractivity contribution in [3.63, 3.8) is 0 Å². The van der Waals surface area contributed by atoms with Crippen molar-refractivity contribution < 1.29 is 14.3 Å². The maximum Gasteiger partial charge on any atom is 0.371 e. The van der Waals surface area contributed by atoms with E-state index in [2.05, 4.69) is 5.32 Å². The Bertz CT molecular complexity index is 604. The molecule has 0 fully saturated rings. The summed E-state index contributed by atoms with van der Waals surface area (Å²) in [6.07, 6.45) is 0. The number of benzene rings is 1. The van der Waals surface area contributed by atoms with E-state index in [-0.39, 0.29) is 11.8 Å². The lowest BCUT2D eigenvalue weighted by molar-refractivity contribution is 0.0661. The lowest BCUT2D eigenvalue weighted by Gasteiger charge is -2.13. The van der Waals surface area contributed by atoms with Gasteiger partial charge in [0.2, 0.25) is 5.76 Å². The predicted molar refractivity (Wildman–Crippen MR) is 77.1 cm³/mol. The molecule has 1 aromatic heterocycles. The second kappa shape index (κ2) is 6.11. The van der Waals surface area contributed by atoms with Crippen LogP contribution in [0.25, 0.3) is 0 Å². The highest BCUT2D eigenvalue weighted by Gasteiger charge is 2.13. The molecule has 2 rings (SSSR count). The summed E-state index contributed by atoms with van der Waals surface area (Å²) in [5, 5.41) is 12.9. The lowest BCUT2D eigenvalue weighted by atomic mass is 10.1. The van der Waals surface area contributed by atoms with Crippen LogP contribution in [0.2, 0.25) is 5.02 Å². The molecule has 4 nitrogen and oxygen atoms in total. The minimum absolute atomic E-state index is 0.0292. The predicted octanol–water partition coefficient (Wildman–Crippen LogP) is 3.79. The van der Waals surface area contributed by atoms with Crippen molar-refractivity contribution in [1.82, 2.24) is 5.32 Å². The van der Waals surface area contributed by atoms with Crippen LogP contribution in [0, 0.1) is 6.92 Å². The van der Waals surface area contributed by atoms with E-state index >= 15 is 0 Å². The van der Waals surface area contributed by atoms with Gasteiger partial charge in [-0.15, -0.1) is 0 Å². The van der Waals surface area contributed by atoms with E-state index in [9.17, 15) is 4.79 Å². The average Bonchev–Trinajstić information content (AvgIpc) is 2.78. The molecule has 20 heavy (non-hydrogen) atoms. The average molecular weight is 294 g/mol. The van der Waals surface area contributed by atoms with Gasteiger partial charge in [0.15, 0.2) is 0 Å². The molecule has 5 heteroatoms. The van der Waals surface area contributed by atoms with E-state index in [0.29, 0.717) is 17.3 Å². The van der Waals surface area contributed by atoms with Gasteiger partial charge in [0.1, 0.15) is 5.76 Å². The molecular weight excluding hydrogens is 278 g/mol. The molecular formula is C15H16ClNO3. The van der Waals surface area contributed by atoms with Crippen LogP contribution in [0.4, 0.5) is 0 Å². The number of rotatable bonds is 5. The SMILES string of the molecule is Cc1oc(C(=O)O)cc1CN[C@H](C)c1ccc(Cl)cc1. The molecule has 2 aromatic rings. The Morgan fingerprint density at radius 1 is 1.40 bits per heavy atom. The number of nitrogens with one attached hydrogen (secondary N) is 1. The van der Waals surface area contributed by atoms with Gasteiger partial charge in [-0.25, -0.2) is 4.79 Å². The van der Waals surface area contributed by atoms with E-state index < -0.39 is 5.97 Å². The third-order valence-electron chi connectivity index (χ3n) is 3.20. The van der Waals surface area contributed by atoms with Crippen LogP contribution >= 0.6 is 11.6 Å². The van der Waals surface area contributed by atoms with Gasteiger partial charge in [0.25, 0.3) is 0 Å². The maximum atomic E-state index is 10.8. The van der Waals surface area contributed by atoms with E-state index in [1.54, 1.807) is 13.0 Å². The third-order valence-corrected chi connectivity index (χ3v) is 3.45. The van der Waals surface area contributed by atoms with Gasteiger partial charge in [-0.3, -0.25) is 0 Å². The summed E-state index contributed by atoms with van der Waals surface area (Å²) in [5.74, 6) is -0.457. The van der Waals surface area contributed by atoms with E-state index in [4.69, 9.17) is 21.1 Å². The van der Waals surface area contributed by atoms with Gasteiger partial charge in [-0.05, 0) is 37.6 Å². The van der Waals surface area contributed by atoms with Crippen molar-refractivity contribution >= 4 is 17.6 Å². The van der Waals surface area contributed by atoms with E-state index in [0.717, 1.165) is 11.1 Å². The number of hydrogen-bond acceptors (Lipinski definition) is 3. The molecule has 1 heterocycles. The van der Waals surface area contributed by atoms with Crippen molar-refractivity contribution in [2.45, 2.75) is 26.4 Å². The lowest BCUT2D eigenvalue weighted by Crippen LogP contribution is -2.18. The number of aromatic carboxylic acids is 1. The van der Waals surface area contributed by atoms with Crippen LogP contribution in [0.1, 0.15) is 40.4 Å². The smallest absolute Gasteiger partial charge is 0.371 e. The zero-order valence-corrected chi connectivity index (χ0v) is 12.1. The number of aryl methyl sites for hydroxylation is 1. The number of furan rings is 1.